The summed E-state index contributed by atoms with van der Waals surface area (Å²) in [6, 6.07) is 0.118. The van der Waals surface area contributed by atoms with Gasteiger partial charge in [0, 0.05) is 18.8 Å². The van der Waals surface area contributed by atoms with Crippen LogP contribution in [-0.4, -0.2) is 49.6 Å². The number of imidazole rings is 1. The van der Waals surface area contributed by atoms with E-state index in [2.05, 4.69) is 30.6 Å². The number of hydrogen-bond donors (Lipinski definition) is 2. The average Bonchev–Trinajstić information content (AvgIpc) is 3.12. The molecule has 0 spiro atoms. The number of hydrogen-bond acceptors (Lipinski definition) is 6. The summed E-state index contributed by atoms with van der Waals surface area (Å²) in [7, 11) is 0. The standard InChI is InChI=1S/C18H19F4N7/c1-10(18(20,21)22)13-9-29-14(7-25-15(29)8-24-13)16-12(19)6-26-17(28-16)27-11-3-2-4-23-5-11/h6-11,23H,2-5H2,1H3,(H,26,27,28). The van der Waals surface area contributed by atoms with E-state index in [1.807, 2.05) is 0 Å². The third-order valence-electron chi connectivity index (χ3n) is 4.97. The van der Waals surface area contributed by atoms with Crippen LogP contribution in [0, 0.1) is 5.82 Å². The van der Waals surface area contributed by atoms with E-state index in [1.165, 1.54) is 23.0 Å². The van der Waals surface area contributed by atoms with Gasteiger partial charge in [0.25, 0.3) is 0 Å². The van der Waals surface area contributed by atoms with Crippen LogP contribution in [0.5, 0.6) is 0 Å². The third kappa shape index (κ3) is 4.00. The van der Waals surface area contributed by atoms with Gasteiger partial charge in [-0.2, -0.15) is 13.2 Å². The monoisotopic (exact) mass is 409 g/mol. The van der Waals surface area contributed by atoms with Gasteiger partial charge >= 0.3 is 6.18 Å². The van der Waals surface area contributed by atoms with Crippen LogP contribution in [0.4, 0.5) is 23.5 Å². The SMILES string of the molecule is CC(c1cn2c(-c3nc(NC4CCCNC4)ncc3F)cnc2cn1)C(F)(F)F. The summed E-state index contributed by atoms with van der Waals surface area (Å²) in [4.78, 5) is 16.2. The van der Waals surface area contributed by atoms with Gasteiger partial charge in [-0.1, -0.05) is 0 Å². The highest BCUT2D eigenvalue weighted by molar-refractivity contribution is 5.61. The van der Waals surface area contributed by atoms with Crippen LogP contribution in [-0.2, 0) is 0 Å². The van der Waals surface area contributed by atoms with Crippen molar-refractivity contribution in [3.8, 4) is 11.4 Å². The number of fused-ring (bicyclic) bond motifs is 1. The van der Waals surface area contributed by atoms with E-state index in [4.69, 9.17) is 0 Å². The Morgan fingerprint density at radius 3 is 2.76 bits per heavy atom. The highest BCUT2D eigenvalue weighted by atomic mass is 19.4. The van der Waals surface area contributed by atoms with Crippen molar-refractivity contribution in [2.75, 3.05) is 18.4 Å². The van der Waals surface area contributed by atoms with Crippen LogP contribution < -0.4 is 10.6 Å². The van der Waals surface area contributed by atoms with Crippen molar-refractivity contribution in [3.63, 3.8) is 0 Å². The molecule has 0 aromatic carbocycles. The van der Waals surface area contributed by atoms with Crippen molar-refractivity contribution in [1.29, 1.82) is 0 Å². The summed E-state index contributed by atoms with van der Waals surface area (Å²) in [6.07, 6.45) is 2.35. The fourth-order valence-corrected chi connectivity index (χ4v) is 3.24. The number of aromatic nitrogens is 5. The molecule has 154 valence electrons. The Morgan fingerprint density at radius 1 is 1.21 bits per heavy atom. The predicted octanol–water partition coefficient (Wildman–Crippen LogP) is 3.16. The lowest BCUT2D eigenvalue weighted by molar-refractivity contribution is -0.147. The lowest BCUT2D eigenvalue weighted by Crippen LogP contribution is -2.38. The summed E-state index contributed by atoms with van der Waals surface area (Å²) in [5.74, 6) is -2.21. The molecule has 0 aliphatic carbocycles. The van der Waals surface area contributed by atoms with Crippen molar-refractivity contribution in [1.82, 2.24) is 29.7 Å². The normalized spacial score (nSPS) is 18.7. The summed E-state index contributed by atoms with van der Waals surface area (Å²) in [5.41, 5.74) is 0.283. The minimum absolute atomic E-state index is 0.0458. The first-order valence-corrected chi connectivity index (χ1v) is 9.23. The van der Waals surface area contributed by atoms with Crippen LogP contribution in [0.3, 0.4) is 0 Å². The van der Waals surface area contributed by atoms with Crippen molar-refractivity contribution < 1.29 is 17.6 Å². The Bertz CT molecular complexity index is 1010. The number of rotatable bonds is 4. The summed E-state index contributed by atoms with van der Waals surface area (Å²) < 4.78 is 55.0. The van der Waals surface area contributed by atoms with Crippen molar-refractivity contribution in [3.05, 3.63) is 36.3 Å². The van der Waals surface area contributed by atoms with Gasteiger partial charge in [-0.3, -0.25) is 9.38 Å². The Labute approximate surface area is 163 Å². The maximum Gasteiger partial charge on any atom is 0.397 e. The molecule has 3 aromatic rings. The second-order valence-corrected chi connectivity index (χ2v) is 7.02. The highest BCUT2D eigenvalue weighted by Gasteiger charge is 2.38. The van der Waals surface area contributed by atoms with Crippen molar-refractivity contribution in [2.24, 2.45) is 0 Å². The Hall–Kier alpha value is -2.82. The van der Waals surface area contributed by atoms with Crippen LogP contribution in [0.25, 0.3) is 17.0 Å². The van der Waals surface area contributed by atoms with E-state index in [-0.39, 0.29) is 29.1 Å². The largest absolute Gasteiger partial charge is 0.397 e. The lowest BCUT2D eigenvalue weighted by atomic mass is 10.1. The number of anilines is 1. The molecule has 0 saturated carbocycles. The van der Waals surface area contributed by atoms with Crippen LogP contribution >= 0.6 is 0 Å². The molecule has 29 heavy (non-hydrogen) atoms. The fourth-order valence-electron chi connectivity index (χ4n) is 3.24. The first kappa shape index (κ1) is 19.5. The van der Waals surface area contributed by atoms with Gasteiger partial charge in [0.1, 0.15) is 5.69 Å². The minimum Gasteiger partial charge on any atom is -0.350 e. The quantitative estimate of drug-likeness (QED) is 0.645. The number of alkyl halides is 3. The van der Waals surface area contributed by atoms with Gasteiger partial charge in [-0.05, 0) is 26.3 Å². The molecular weight excluding hydrogens is 390 g/mol. The molecule has 0 bridgehead atoms. The molecule has 1 saturated heterocycles. The van der Waals surface area contributed by atoms with E-state index < -0.39 is 17.9 Å². The van der Waals surface area contributed by atoms with E-state index in [0.29, 0.717) is 5.65 Å². The summed E-state index contributed by atoms with van der Waals surface area (Å²) >= 11 is 0. The Balaban J connectivity index is 1.71. The summed E-state index contributed by atoms with van der Waals surface area (Å²) in [5, 5.41) is 6.42. The maximum atomic E-state index is 14.5. The first-order chi connectivity index (χ1) is 13.8. The van der Waals surface area contributed by atoms with Crippen molar-refractivity contribution in [2.45, 2.75) is 37.9 Å². The molecule has 11 heteroatoms. The smallest absolute Gasteiger partial charge is 0.350 e. The molecule has 3 aromatic heterocycles. The van der Waals surface area contributed by atoms with Crippen molar-refractivity contribution >= 4 is 11.6 Å². The Morgan fingerprint density at radius 2 is 2.03 bits per heavy atom. The lowest BCUT2D eigenvalue weighted by Gasteiger charge is -2.23. The zero-order valence-electron chi connectivity index (χ0n) is 15.5. The second kappa shape index (κ2) is 7.54. The predicted molar refractivity (Wildman–Crippen MR) is 98.0 cm³/mol. The number of piperidine rings is 1. The molecule has 7 nitrogen and oxygen atoms in total. The maximum absolute atomic E-state index is 14.5. The van der Waals surface area contributed by atoms with Crippen LogP contribution in [0.2, 0.25) is 0 Å². The van der Waals surface area contributed by atoms with Crippen LogP contribution in [0.1, 0.15) is 31.4 Å². The molecule has 1 fully saturated rings. The zero-order chi connectivity index (χ0) is 20.6. The van der Waals surface area contributed by atoms with Gasteiger partial charge in [0.2, 0.25) is 5.95 Å². The molecule has 0 radical (unpaired) electrons. The molecule has 4 heterocycles. The zero-order valence-corrected chi connectivity index (χ0v) is 15.5. The first-order valence-electron chi connectivity index (χ1n) is 9.23. The minimum atomic E-state index is -4.44. The topological polar surface area (TPSA) is 80.0 Å². The van der Waals surface area contributed by atoms with E-state index in [1.54, 1.807) is 0 Å². The number of nitrogens with one attached hydrogen (secondary N) is 2. The van der Waals surface area contributed by atoms with Gasteiger partial charge < -0.3 is 10.6 Å². The molecule has 2 atom stereocenters. The van der Waals surface area contributed by atoms with Gasteiger partial charge in [0.15, 0.2) is 11.5 Å². The molecular formula is C18H19F4N7. The molecule has 1 aliphatic heterocycles. The summed E-state index contributed by atoms with van der Waals surface area (Å²) in [6.45, 7) is 2.72. The average molecular weight is 409 g/mol. The highest BCUT2D eigenvalue weighted by Crippen LogP contribution is 2.33. The second-order valence-electron chi connectivity index (χ2n) is 7.02. The molecule has 0 amide bonds. The van der Waals surface area contributed by atoms with Gasteiger partial charge in [0.05, 0.1) is 35.9 Å². The molecule has 2 N–H and O–H groups in total. The van der Waals surface area contributed by atoms with Gasteiger partial charge in [-0.15, -0.1) is 0 Å². The van der Waals surface area contributed by atoms with Crippen LogP contribution in [0.15, 0.2) is 24.8 Å². The molecule has 1 aliphatic rings. The van der Waals surface area contributed by atoms with E-state index in [9.17, 15) is 17.6 Å². The van der Waals surface area contributed by atoms with Gasteiger partial charge in [-0.25, -0.2) is 19.3 Å². The molecule has 4 rings (SSSR count). The van der Waals surface area contributed by atoms with E-state index >= 15 is 0 Å². The number of nitrogens with zero attached hydrogens (tertiary/aromatic N) is 5. The molecule has 2 unspecified atom stereocenters. The third-order valence-corrected chi connectivity index (χ3v) is 4.97. The Kier molecular flexibility index (Phi) is 5.07. The fraction of sp³-hybridized carbons (Fsp3) is 0.444. The van der Waals surface area contributed by atoms with E-state index in [0.717, 1.165) is 39.1 Å². The number of halogens is 4.